The third-order valence-corrected chi connectivity index (χ3v) is 3.77. The smallest absolute Gasteiger partial charge is 0.233 e. The molecule has 2 N–H and O–H groups in total. The summed E-state index contributed by atoms with van der Waals surface area (Å²) in [4.78, 5) is 0. The number of nitrogens with one attached hydrogen (secondary N) is 2. The lowest BCUT2D eigenvalue weighted by Crippen LogP contribution is -2.28. The van der Waals surface area contributed by atoms with E-state index in [0.29, 0.717) is 12.6 Å². The van der Waals surface area contributed by atoms with Crippen LogP contribution in [-0.2, 0) is 10.0 Å². The molecule has 0 amide bonds. The molecule has 1 saturated carbocycles. The van der Waals surface area contributed by atoms with E-state index in [2.05, 4.69) is 10.0 Å². The molecule has 0 radical (unpaired) electrons. The van der Waals surface area contributed by atoms with Gasteiger partial charge in [0.1, 0.15) is 5.82 Å². The Bertz CT molecular complexity index is 486. The van der Waals surface area contributed by atoms with E-state index in [0.717, 1.165) is 18.9 Å². The van der Waals surface area contributed by atoms with E-state index in [1.165, 1.54) is 18.2 Å². The Balaban J connectivity index is 1.86. The van der Waals surface area contributed by atoms with E-state index in [1.807, 2.05) is 0 Å². The molecule has 0 saturated heterocycles. The molecule has 1 fully saturated rings. The molecule has 6 heteroatoms. The normalized spacial score (nSPS) is 15.8. The van der Waals surface area contributed by atoms with Gasteiger partial charge in [0.25, 0.3) is 0 Å². The Morgan fingerprint density at radius 1 is 1.35 bits per heavy atom. The number of sulfonamides is 1. The minimum atomic E-state index is -3.40. The van der Waals surface area contributed by atoms with Crippen LogP contribution in [0.3, 0.4) is 0 Å². The fraction of sp³-hybridized carbons (Fsp3) is 0.455. The highest BCUT2D eigenvalue weighted by molar-refractivity contribution is 7.92. The maximum absolute atomic E-state index is 12.9. The average Bonchev–Trinajstić information content (AvgIpc) is 3.00. The van der Waals surface area contributed by atoms with Gasteiger partial charge in [0.15, 0.2) is 0 Å². The number of benzene rings is 1. The Kier molecular flexibility index (Phi) is 3.63. The lowest BCUT2D eigenvalue weighted by molar-refractivity contribution is 0.595. The van der Waals surface area contributed by atoms with Gasteiger partial charge in [-0.3, -0.25) is 4.72 Å². The first-order valence-corrected chi connectivity index (χ1v) is 7.20. The van der Waals surface area contributed by atoms with E-state index in [-0.39, 0.29) is 11.4 Å². The van der Waals surface area contributed by atoms with Gasteiger partial charge < -0.3 is 5.32 Å². The fourth-order valence-corrected chi connectivity index (χ4v) is 2.44. The number of hydrogen-bond acceptors (Lipinski definition) is 3. The molecule has 0 heterocycles. The van der Waals surface area contributed by atoms with Gasteiger partial charge in [-0.05, 0) is 31.0 Å². The summed E-state index contributed by atoms with van der Waals surface area (Å²) in [7, 11) is -3.40. The third kappa shape index (κ3) is 4.32. The zero-order chi connectivity index (χ0) is 12.3. The van der Waals surface area contributed by atoms with Crippen molar-refractivity contribution in [1.29, 1.82) is 0 Å². The monoisotopic (exact) mass is 258 g/mol. The van der Waals surface area contributed by atoms with Crippen LogP contribution in [-0.4, -0.2) is 26.8 Å². The molecule has 1 aliphatic rings. The largest absolute Gasteiger partial charge is 0.313 e. The van der Waals surface area contributed by atoms with Crippen molar-refractivity contribution in [2.24, 2.45) is 0 Å². The molecule has 0 aromatic heterocycles. The van der Waals surface area contributed by atoms with Gasteiger partial charge in [0.05, 0.1) is 11.4 Å². The molecule has 0 spiro atoms. The van der Waals surface area contributed by atoms with Crippen LogP contribution in [0.25, 0.3) is 0 Å². The van der Waals surface area contributed by atoms with Crippen LogP contribution in [0.4, 0.5) is 10.1 Å². The minimum Gasteiger partial charge on any atom is -0.313 e. The highest BCUT2D eigenvalue weighted by Crippen LogP contribution is 2.18. The summed E-state index contributed by atoms with van der Waals surface area (Å²) in [6.45, 7) is 0.426. The van der Waals surface area contributed by atoms with E-state index in [1.54, 1.807) is 0 Å². The standard InChI is InChI=1S/C11H15FN2O2S/c12-9-2-1-3-11(8-9)14-17(15,16)7-6-13-10-4-5-10/h1-3,8,10,13-14H,4-7H2. The van der Waals surface area contributed by atoms with E-state index in [9.17, 15) is 12.8 Å². The summed E-state index contributed by atoms with van der Waals surface area (Å²) in [5, 5.41) is 3.12. The van der Waals surface area contributed by atoms with Gasteiger partial charge in [0, 0.05) is 12.6 Å². The Morgan fingerprint density at radius 2 is 2.12 bits per heavy atom. The highest BCUT2D eigenvalue weighted by atomic mass is 32.2. The molecule has 1 aliphatic carbocycles. The van der Waals surface area contributed by atoms with Crippen LogP contribution in [0.1, 0.15) is 12.8 Å². The van der Waals surface area contributed by atoms with Crippen molar-refractivity contribution in [3.8, 4) is 0 Å². The van der Waals surface area contributed by atoms with Crippen LogP contribution in [0.2, 0.25) is 0 Å². The topological polar surface area (TPSA) is 58.2 Å². The predicted octanol–water partition coefficient (Wildman–Crippen LogP) is 1.32. The molecule has 0 unspecified atom stereocenters. The summed E-state index contributed by atoms with van der Waals surface area (Å²) in [5.41, 5.74) is 0.261. The van der Waals surface area contributed by atoms with Gasteiger partial charge in [0.2, 0.25) is 10.0 Å². The van der Waals surface area contributed by atoms with Crippen molar-refractivity contribution in [1.82, 2.24) is 5.32 Å². The first-order valence-electron chi connectivity index (χ1n) is 5.55. The molecular formula is C11H15FN2O2S. The molecule has 0 atom stereocenters. The number of hydrogen-bond donors (Lipinski definition) is 2. The van der Waals surface area contributed by atoms with Crippen molar-refractivity contribution in [2.45, 2.75) is 18.9 Å². The first kappa shape index (κ1) is 12.3. The fourth-order valence-electron chi connectivity index (χ4n) is 1.47. The zero-order valence-corrected chi connectivity index (χ0v) is 10.1. The SMILES string of the molecule is O=S(=O)(CCNC1CC1)Nc1cccc(F)c1. The molecule has 1 aromatic rings. The Hall–Kier alpha value is -1.14. The molecule has 0 aliphatic heterocycles. The second-order valence-electron chi connectivity index (χ2n) is 4.16. The maximum Gasteiger partial charge on any atom is 0.233 e. The van der Waals surface area contributed by atoms with E-state index >= 15 is 0 Å². The molecule has 2 rings (SSSR count). The second-order valence-corrected chi connectivity index (χ2v) is 6.00. The lowest BCUT2D eigenvalue weighted by Gasteiger charge is -2.08. The molecule has 0 bridgehead atoms. The first-order chi connectivity index (χ1) is 8.05. The number of rotatable bonds is 6. The van der Waals surface area contributed by atoms with Crippen molar-refractivity contribution >= 4 is 15.7 Å². The Labute approximate surface area is 100 Å². The van der Waals surface area contributed by atoms with Crippen LogP contribution >= 0.6 is 0 Å². The molecule has 17 heavy (non-hydrogen) atoms. The highest BCUT2D eigenvalue weighted by Gasteiger charge is 2.21. The van der Waals surface area contributed by atoms with Gasteiger partial charge in [-0.2, -0.15) is 0 Å². The summed E-state index contributed by atoms with van der Waals surface area (Å²) >= 11 is 0. The van der Waals surface area contributed by atoms with Gasteiger partial charge in [-0.1, -0.05) is 6.07 Å². The number of halogens is 1. The number of anilines is 1. The average molecular weight is 258 g/mol. The van der Waals surface area contributed by atoms with Gasteiger partial charge >= 0.3 is 0 Å². The van der Waals surface area contributed by atoms with Crippen molar-refractivity contribution in [2.75, 3.05) is 17.0 Å². The minimum absolute atomic E-state index is 0.0000132. The molecular weight excluding hydrogens is 243 g/mol. The summed E-state index contributed by atoms with van der Waals surface area (Å²) < 4.78 is 38.5. The molecule has 94 valence electrons. The third-order valence-electron chi connectivity index (χ3n) is 2.48. The van der Waals surface area contributed by atoms with Crippen molar-refractivity contribution < 1.29 is 12.8 Å². The Morgan fingerprint density at radius 3 is 2.76 bits per heavy atom. The molecule has 4 nitrogen and oxygen atoms in total. The summed E-state index contributed by atoms with van der Waals surface area (Å²) in [6.07, 6.45) is 2.24. The van der Waals surface area contributed by atoms with Crippen molar-refractivity contribution in [3.63, 3.8) is 0 Å². The van der Waals surface area contributed by atoms with Crippen molar-refractivity contribution in [3.05, 3.63) is 30.1 Å². The van der Waals surface area contributed by atoms with Crippen LogP contribution < -0.4 is 10.0 Å². The quantitative estimate of drug-likeness (QED) is 0.809. The van der Waals surface area contributed by atoms with E-state index in [4.69, 9.17) is 0 Å². The summed E-state index contributed by atoms with van der Waals surface area (Å²) in [6, 6.07) is 5.91. The second kappa shape index (κ2) is 5.01. The zero-order valence-electron chi connectivity index (χ0n) is 9.32. The van der Waals surface area contributed by atoms with Crippen LogP contribution in [0.15, 0.2) is 24.3 Å². The van der Waals surface area contributed by atoms with Crippen LogP contribution in [0, 0.1) is 5.82 Å². The maximum atomic E-state index is 12.9. The van der Waals surface area contributed by atoms with Gasteiger partial charge in [-0.25, -0.2) is 12.8 Å². The summed E-state index contributed by atoms with van der Waals surface area (Å²) in [5.74, 6) is -0.457. The van der Waals surface area contributed by atoms with Crippen LogP contribution in [0.5, 0.6) is 0 Å². The van der Waals surface area contributed by atoms with E-state index < -0.39 is 15.8 Å². The lowest BCUT2D eigenvalue weighted by atomic mass is 10.3. The predicted molar refractivity (Wildman–Crippen MR) is 64.8 cm³/mol. The van der Waals surface area contributed by atoms with Gasteiger partial charge in [-0.15, -0.1) is 0 Å². The molecule has 1 aromatic carbocycles.